The Morgan fingerprint density at radius 2 is 1.86 bits per heavy atom. The third-order valence-corrected chi connectivity index (χ3v) is 6.07. The van der Waals surface area contributed by atoms with Gasteiger partial charge in [-0.15, -0.1) is 0 Å². The van der Waals surface area contributed by atoms with E-state index in [0.717, 1.165) is 55.8 Å². The van der Waals surface area contributed by atoms with Gasteiger partial charge in [-0.1, -0.05) is 0 Å². The van der Waals surface area contributed by atoms with Crippen molar-refractivity contribution in [2.75, 3.05) is 46.2 Å². The van der Waals surface area contributed by atoms with Crippen molar-refractivity contribution < 1.29 is 9.53 Å². The number of hydrogen-bond acceptors (Lipinski definition) is 6. The van der Waals surface area contributed by atoms with Crippen molar-refractivity contribution in [3.05, 3.63) is 22.6 Å². The smallest absolute Gasteiger partial charge is 0.330 e. The van der Waals surface area contributed by atoms with Gasteiger partial charge in [-0.05, 0) is 57.8 Å². The second-order valence-corrected chi connectivity index (χ2v) is 8.43. The van der Waals surface area contributed by atoms with Crippen molar-refractivity contribution in [2.24, 2.45) is 18.9 Å². The first kappa shape index (κ1) is 21.4. The van der Waals surface area contributed by atoms with Gasteiger partial charge in [-0.25, -0.2) is 9.78 Å². The molecule has 8 nitrogen and oxygen atoms in total. The summed E-state index contributed by atoms with van der Waals surface area (Å²) in [5, 5.41) is 0. The van der Waals surface area contributed by atoms with E-state index in [1.165, 1.54) is 7.11 Å². The maximum atomic E-state index is 12.9. The fraction of sp³-hybridized carbons (Fsp3) is 0.667. The molecule has 0 spiro atoms. The summed E-state index contributed by atoms with van der Waals surface area (Å²) in [6, 6.07) is 3.96. The SMILES string of the molecule is COC(=O)[C@H]1CC[C@H](Cn2c(=O)n(C)c3ccc(N(C)CCN(C)C)nc32)CC1. The van der Waals surface area contributed by atoms with Gasteiger partial charge in [0.1, 0.15) is 5.82 Å². The van der Waals surface area contributed by atoms with Gasteiger partial charge in [0.05, 0.1) is 18.5 Å². The predicted octanol–water partition coefficient (Wildman–Crippen LogP) is 1.71. The Balaban J connectivity index is 1.80. The Morgan fingerprint density at radius 3 is 2.48 bits per heavy atom. The van der Waals surface area contributed by atoms with Crippen molar-refractivity contribution in [3.63, 3.8) is 0 Å². The number of imidazole rings is 1. The quantitative estimate of drug-likeness (QED) is 0.656. The number of likely N-dealkylation sites (N-methyl/N-ethyl adjacent to an activating group) is 2. The molecule has 0 saturated heterocycles. The molecular formula is C21H33N5O3. The molecule has 3 rings (SSSR count). The number of aryl methyl sites for hydroxylation is 1. The molecule has 0 N–H and O–H groups in total. The van der Waals surface area contributed by atoms with Crippen LogP contribution in [0.4, 0.5) is 5.82 Å². The lowest BCUT2D eigenvalue weighted by Gasteiger charge is -2.27. The number of carbonyl (C=O) groups is 1. The summed E-state index contributed by atoms with van der Waals surface area (Å²) < 4.78 is 8.36. The van der Waals surface area contributed by atoms with Crippen LogP contribution in [0.5, 0.6) is 0 Å². The van der Waals surface area contributed by atoms with E-state index in [-0.39, 0.29) is 17.6 Å². The highest BCUT2D eigenvalue weighted by atomic mass is 16.5. The molecular weight excluding hydrogens is 370 g/mol. The van der Waals surface area contributed by atoms with Crippen molar-refractivity contribution in [1.29, 1.82) is 0 Å². The zero-order valence-electron chi connectivity index (χ0n) is 18.2. The van der Waals surface area contributed by atoms with Gasteiger partial charge < -0.3 is 14.5 Å². The molecule has 1 aliphatic rings. The van der Waals surface area contributed by atoms with E-state index >= 15 is 0 Å². The van der Waals surface area contributed by atoms with Gasteiger partial charge in [0.25, 0.3) is 0 Å². The van der Waals surface area contributed by atoms with E-state index in [2.05, 4.69) is 9.80 Å². The van der Waals surface area contributed by atoms with Crippen LogP contribution in [0, 0.1) is 11.8 Å². The van der Waals surface area contributed by atoms with Crippen LogP contribution in [0.25, 0.3) is 11.2 Å². The first-order chi connectivity index (χ1) is 13.8. The number of fused-ring (bicyclic) bond motifs is 1. The van der Waals surface area contributed by atoms with E-state index in [1.54, 1.807) is 11.6 Å². The van der Waals surface area contributed by atoms with Crippen molar-refractivity contribution >= 4 is 23.0 Å². The molecule has 2 heterocycles. The zero-order chi connectivity index (χ0) is 21.1. The lowest BCUT2D eigenvalue weighted by atomic mass is 9.82. The van der Waals surface area contributed by atoms with Gasteiger partial charge in [-0.3, -0.25) is 13.9 Å². The first-order valence-electron chi connectivity index (χ1n) is 10.3. The van der Waals surface area contributed by atoms with Crippen LogP contribution in [-0.2, 0) is 23.1 Å². The normalized spacial score (nSPS) is 19.7. The minimum atomic E-state index is -0.113. The maximum absolute atomic E-state index is 12.9. The van der Waals surface area contributed by atoms with E-state index in [0.29, 0.717) is 12.5 Å². The molecule has 0 aromatic carbocycles. The molecule has 2 aromatic heterocycles. The lowest BCUT2D eigenvalue weighted by molar-refractivity contribution is -0.146. The van der Waals surface area contributed by atoms with Crippen LogP contribution < -0.4 is 10.6 Å². The third-order valence-electron chi connectivity index (χ3n) is 6.07. The van der Waals surface area contributed by atoms with Crippen LogP contribution in [0.15, 0.2) is 16.9 Å². The summed E-state index contributed by atoms with van der Waals surface area (Å²) in [6.07, 6.45) is 3.49. The summed E-state index contributed by atoms with van der Waals surface area (Å²) in [7, 11) is 9.37. The second-order valence-electron chi connectivity index (χ2n) is 8.43. The summed E-state index contributed by atoms with van der Waals surface area (Å²) in [5.74, 6) is 1.12. The molecule has 0 radical (unpaired) electrons. The van der Waals surface area contributed by atoms with E-state index in [1.807, 2.05) is 37.8 Å². The second kappa shape index (κ2) is 8.98. The number of methoxy groups -OCH3 is 1. The van der Waals surface area contributed by atoms with Gasteiger partial charge in [0.15, 0.2) is 5.65 Å². The monoisotopic (exact) mass is 403 g/mol. The predicted molar refractivity (Wildman–Crippen MR) is 114 cm³/mol. The van der Waals surface area contributed by atoms with Crippen molar-refractivity contribution in [1.82, 2.24) is 19.0 Å². The average Bonchev–Trinajstić information content (AvgIpc) is 2.96. The molecule has 0 aliphatic heterocycles. The number of anilines is 1. The Bertz CT molecular complexity index is 909. The Labute approximate surface area is 172 Å². The molecule has 1 fully saturated rings. The number of hydrogen-bond donors (Lipinski definition) is 0. The molecule has 0 amide bonds. The summed E-state index contributed by atoms with van der Waals surface area (Å²) in [4.78, 5) is 33.7. The van der Waals surface area contributed by atoms with Gasteiger partial charge in [0, 0.05) is 33.7 Å². The molecule has 160 valence electrons. The Hall–Kier alpha value is -2.35. The minimum Gasteiger partial charge on any atom is -0.469 e. The van der Waals surface area contributed by atoms with Gasteiger partial charge in [0.2, 0.25) is 0 Å². The van der Waals surface area contributed by atoms with Gasteiger partial charge in [-0.2, -0.15) is 0 Å². The topological polar surface area (TPSA) is 72.6 Å². The zero-order valence-corrected chi connectivity index (χ0v) is 18.2. The van der Waals surface area contributed by atoms with Crippen molar-refractivity contribution in [3.8, 4) is 0 Å². The number of aromatic nitrogens is 3. The number of esters is 1. The fourth-order valence-corrected chi connectivity index (χ4v) is 4.11. The molecule has 0 atom stereocenters. The van der Waals surface area contributed by atoms with Crippen LogP contribution >= 0.6 is 0 Å². The number of carbonyl (C=O) groups excluding carboxylic acids is 1. The first-order valence-corrected chi connectivity index (χ1v) is 10.3. The molecule has 0 bridgehead atoms. The van der Waals surface area contributed by atoms with Crippen molar-refractivity contribution in [2.45, 2.75) is 32.2 Å². The molecule has 8 heteroatoms. The summed E-state index contributed by atoms with van der Waals surface area (Å²) in [6.45, 7) is 2.43. The number of ether oxygens (including phenoxy) is 1. The summed E-state index contributed by atoms with van der Waals surface area (Å²) in [5.41, 5.74) is 1.56. The highest BCUT2D eigenvalue weighted by Crippen LogP contribution is 2.31. The molecule has 1 saturated carbocycles. The van der Waals surface area contributed by atoms with Gasteiger partial charge >= 0.3 is 11.7 Å². The van der Waals surface area contributed by atoms with Crippen LogP contribution in [0.3, 0.4) is 0 Å². The molecule has 1 aliphatic carbocycles. The van der Waals surface area contributed by atoms with Crippen LogP contribution in [0.2, 0.25) is 0 Å². The highest BCUT2D eigenvalue weighted by Gasteiger charge is 2.28. The minimum absolute atomic E-state index is 0.00411. The Kier molecular flexibility index (Phi) is 6.62. The molecule has 0 unspecified atom stereocenters. The van der Waals surface area contributed by atoms with Crippen LogP contribution in [0.1, 0.15) is 25.7 Å². The highest BCUT2D eigenvalue weighted by molar-refractivity contribution is 5.74. The standard InChI is InChI=1S/C21H33N5O3/c1-23(2)12-13-24(3)18-11-10-17-19(22-18)26(21(28)25(17)4)14-15-6-8-16(9-7-15)20(27)29-5/h10-11,15-16H,6-9,12-14H2,1-5H3/t15-,16-. The molecule has 2 aromatic rings. The third kappa shape index (κ3) is 4.63. The van der Waals surface area contributed by atoms with E-state index in [9.17, 15) is 9.59 Å². The number of pyridine rings is 1. The Morgan fingerprint density at radius 1 is 1.17 bits per heavy atom. The van der Waals surface area contributed by atoms with E-state index < -0.39 is 0 Å². The average molecular weight is 404 g/mol. The fourth-order valence-electron chi connectivity index (χ4n) is 4.11. The van der Waals surface area contributed by atoms with E-state index in [4.69, 9.17) is 9.72 Å². The number of nitrogens with zero attached hydrogens (tertiary/aromatic N) is 5. The molecule has 29 heavy (non-hydrogen) atoms. The van der Waals surface area contributed by atoms with Crippen LogP contribution in [-0.4, -0.2) is 66.3 Å². The largest absolute Gasteiger partial charge is 0.469 e. The number of rotatable bonds is 7. The lowest BCUT2D eigenvalue weighted by Crippen LogP contribution is -2.30. The maximum Gasteiger partial charge on any atom is 0.330 e. The summed E-state index contributed by atoms with van der Waals surface area (Å²) >= 11 is 0.